The van der Waals surface area contributed by atoms with Crippen molar-refractivity contribution in [1.29, 1.82) is 0 Å². The normalized spacial score (nSPS) is 24.0. The van der Waals surface area contributed by atoms with E-state index in [4.69, 9.17) is 4.74 Å². The summed E-state index contributed by atoms with van der Waals surface area (Å²) < 4.78 is 5.47. The third-order valence-corrected chi connectivity index (χ3v) is 11.2. The van der Waals surface area contributed by atoms with Crippen LogP contribution in [0.15, 0.2) is 18.2 Å². The molecule has 10 nitrogen and oxygen atoms in total. The summed E-state index contributed by atoms with van der Waals surface area (Å²) in [5, 5.41) is 2.35. The second-order valence-corrected chi connectivity index (χ2v) is 13.8. The Morgan fingerprint density at radius 1 is 0.864 bits per heavy atom. The second-order valence-electron chi connectivity index (χ2n) is 13.8. The van der Waals surface area contributed by atoms with Gasteiger partial charge in [0.1, 0.15) is 5.75 Å². The van der Waals surface area contributed by atoms with Crippen LogP contribution in [0.25, 0.3) is 0 Å². The van der Waals surface area contributed by atoms with Gasteiger partial charge in [0.25, 0.3) is 5.91 Å². The molecule has 3 heterocycles. The predicted molar refractivity (Wildman–Crippen MR) is 168 cm³/mol. The molecule has 10 heteroatoms. The fourth-order valence-electron chi connectivity index (χ4n) is 8.29. The van der Waals surface area contributed by atoms with Crippen LogP contribution >= 0.6 is 0 Å². The highest BCUT2D eigenvalue weighted by molar-refractivity contribution is 6.07. The number of piperazine rings is 1. The summed E-state index contributed by atoms with van der Waals surface area (Å²) in [5.74, 6) is 1.59. The second kappa shape index (κ2) is 13.5. The van der Waals surface area contributed by atoms with Gasteiger partial charge in [0, 0.05) is 70.3 Å². The molecule has 1 aromatic carbocycles. The number of benzene rings is 1. The zero-order valence-corrected chi connectivity index (χ0v) is 26.4. The summed E-state index contributed by atoms with van der Waals surface area (Å²) in [5.41, 5.74) is 1.38. The first-order chi connectivity index (χ1) is 21.3. The first-order valence-electron chi connectivity index (χ1n) is 16.9. The van der Waals surface area contributed by atoms with Crippen LogP contribution in [0, 0.1) is 17.3 Å². The summed E-state index contributed by atoms with van der Waals surface area (Å²) in [7, 11) is 1.53. The number of nitrogens with zero attached hydrogens (tertiary/aromatic N) is 4. The molecular formula is C34H49N5O5. The van der Waals surface area contributed by atoms with Crippen LogP contribution in [-0.2, 0) is 9.59 Å². The summed E-state index contributed by atoms with van der Waals surface area (Å²) in [6.45, 7) is 6.68. The van der Waals surface area contributed by atoms with Crippen LogP contribution in [0.2, 0.25) is 0 Å². The molecular weight excluding hydrogens is 558 g/mol. The van der Waals surface area contributed by atoms with Crippen molar-refractivity contribution in [1.82, 2.24) is 20.0 Å². The van der Waals surface area contributed by atoms with Crippen molar-refractivity contribution < 1.29 is 23.9 Å². The van der Waals surface area contributed by atoms with Gasteiger partial charge in [0.15, 0.2) is 0 Å². The van der Waals surface area contributed by atoms with Crippen molar-refractivity contribution in [3.8, 4) is 5.75 Å². The molecule has 240 valence electrons. The van der Waals surface area contributed by atoms with Crippen LogP contribution in [-0.4, -0.2) is 97.9 Å². The predicted octanol–water partition coefficient (Wildman–Crippen LogP) is 4.28. The van der Waals surface area contributed by atoms with Crippen LogP contribution in [0.3, 0.4) is 0 Å². The number of carbonyl (C=O) groups is 4. The average Bonchev–Trinajstić information content (AvgIpc) is 3.06. The number of hydrogen-bond donors (Lipinski definition) is 1. The van der Waals surface area contributed by atoms with E-state index in [2.05, 4.69) is 15.1 Å². The fraction of sp³-hybridized carbons (Fsp3) is 0.706. The van der Waals surface area contributed by atoms with E-state index in [1.165, 1.54) is 57.0 Å². The van der Waals surface area contributed by atoms with Gasteiger partial charge in [-0.25, -0.2) is 4.79 Å². The molecule has 0 aromatic heterocycles. The highest BCUT2D eigenvalue weighted by Crippen LogP contribution is 2.47. The number of anilines is 1. The molecule has 3 saturated heterocycles. The maximum absolute atomic E-state index is 13.5. The van der Waals surface area contributed by atoms with Crippen molar-refractivity contribution in [2.75, 3.05) is 64.4 Å². The Bertz CT molecular complexity index is 1220. The summed E-state index contributed by atoms with van der Waals surface area (Å²) in [6, 6.07) is 4.72. The number of rotatable bonds is 6. The highest BCUT2D eigenvalue weighted by atomic mass is 16.5. The maximum Gasteiger partial charge on any atom is 0.328 e. The molecule has 5 amide bonds. The first-order valence-corrected chi connectivity index (χ1v) is 16.9. The Morgan fingerprint density at radius 2 is 1.57 bits per heavy atom. The lowest BCUT2D eigenvalue weighted by atomic mass is 9.65. The van der Waals surface area contributed by atoms with Gasteiger partial charge in [-0.1, -0.05) is 19.3 Å². The Hall–Kier alpha value is -3.14. The minimum absolute atomic E-state index is 0.0213. The number of urea groups is 1. The standard InChI is InChI=1S/C34H49N5O5/c1-44-29-8-7-27(23-28(29)39-16-11-30(40)35-33(39)43)32(42)37-17-14-34(15-18-37)12-9-25(10-13-34)24-36-19-21-38(22-20-36)31(41)26-5-3-2-4-6-26/h7-8,23,25-26H,2-6,9-22,24H2,1H3,(H,35,40,43). The molecule has 0 bridgehead atoms. The quantitative estimate of drug-likeness (QED) is 0.518. The van der Waals surface area contributed by atoms with Crippen LogP contribution in [0.4, 0.5) is 10.5 Å². The topological polar surface area (TPSA) is 102 Å². The van der Waals surface area contributed by atoms with Gasteiger partial charge in [-0.3, -0.25) is 29.5 Å². The Kier molecular flexibility index (Phi) is 9.45. The van der Waals surface area contributed by atoms with Gasteiger partial charge in [0.05, 0.1) is 12.8 Å². The smallest absolute Gasteiger partial charge is 0.328 e. The number of nitrogens with one attached hydrogen (secondary N) is 1. The van der Waals surface area contributed by atoms with E-state index >= 15 is 0 Å². The third kappa shape index (κ3) is 6.75. The van der Waals surface area contributed by atoms with E-state index in [-0.39, 0.29) is 30.7 Å². The van der Waals surface area contributed by atoms with Gasteiger partial charge in [0.2, 0.25) is 11.8 Å². The number of imide groups is 1. The monoisotopic (exact) mass is 607 g/mol. The van der Waals surface area contributed by atoms with Crippen molar-refractivity contribution in [2.24, 2.45) is 17.3 Å². The molecule has 2 saturated carbocycles. The zero-order valence-electron chi connectivity index (χ0n) is 26.4. The largest absolute Gasteiger partial charge is 0.495 e. The van der Waals surface area contributed by atoms with Gasteiger partial charge in [-0.15, -0.1) is 0 Å². The lowest BCUT2D eigenvalue weighted by Crippen LogP contribution is -2.51. The molecule has 44 heavy (non-hydrogen) atoms. The van der Waals surface area contributed by atoms with E-state index in [1.54, 1.807) is 18.2 Å². The fourth-order valence-corrected chi connectivity index (χ4v) is 8.29. The molecule has 5 aliphatic rings. The van der Waals surface area contributed by atoms with Gasteiger partial charge in [-0.2, -0.15) is 0 Å². The van der Waals surface area contributed by atoms with Crippen molar-refractivity contribution in [2.45, 2.75) is 77.0 Å². The van der Waals surface area contributed by atoms with Crippen molar-refractivity contribution in [3.05, 3.63) is 23.8 Å². The number of amides is 5. The third-order valence-electron chi connectivity index (χ3n) is 11.2. The number of piperidine rings is 1. The van der Waals surface area contributed by atoms with E-state index in [0.29, 0.717) is 28.3 Å². The molecule has 1 aromatic rings. The SMILES string of the molecule is COc1ccc(C(=O)N2CCC3(CCC(CN4CCN(C(=O)C5CCCCC5)CC4)CC3)CC2)cc1N1CCC(=O)NC1=O. The lowest BCUT2D eigenvalue weighted by Gasteiger charge is -2.47. The lowest BCUT2D eigenvalue weighted by molar-refractivity contribution is -0.138. The summed E-state index contributed by atoms with van der Waals surface area (Å²) in [4.78, 5) is 58.8. The molecule has 5 fully saturated rings. The van der Waals surface area contributed by atoms with E-state index in [1.807, 2.05) is 4.90 Å². The van der Waals surface area contributed by atoms with Gasteiger partial charge >= 0.3 is 6.03 Å². The van der Waals surface area contributed by atoms with Gasteiger partial charge < -0.3 is 14.5 Å². The number of carbonyl (C=O) groups excluding carboxylic acids is 4. The molecule has 1 spiro atoms. The van der Waals surface area contributed by atoms with E-state index < -0.39 is 6.03 Å². The Labute approximate surface area is 261 Å². The molecule has 0 unspecified atom stereocenters. The van der Waals surface area contributed by atoms with E-state index in [9.17, 15) is 19.2 Å². The molecule has 2 aliphatic carbocycles. The number of ether oxygens (including phenoxy) is 1. The molecule has 1 N–H and O–H groups in total. The zero-order chi connectivity index (χ0) is 30.7. The highest BCUT2D eigenvalue weighted by Gasteiger charge is 2.40. The Morgan fingerprint density at radius 3 is 2.23 bits per heavy atom. The minimum Gasteiger partial charge on any atom is -0.495 e. The van der Waals surface area contributed by atoms with E-state index in [0.717, 1.165) is 77.4 Å². The number of likely N-dealkylation sites (tertiary alicyclic amines) is 1. The van der Waals surface area contributed by atoms with Crippen LogP contribution in [0.1, 0.15) is 87.4 Å². The van der Waals surface area contributed by atoms with Gasteiger partial charge in [-0.05, 0) is 80.9 Å². The maximum atomic E-state index is 13.5. The van der Waals surface area contributed by atoms with Crippen LogP contribution < -0.4 is 15.0 Å². The molecule has 0 radical (unpaired) electrons. The summed E-state index contributed by atoms with van der Waals surface area (Å²) in [6.07, 6.45) is 13.1. The van der Waals surface area contributed by atoms with Crippen LogP contribution in [0.5, 0.6) is 5.75 Å². The molecule has 6 rings (SSSR count). The molecule has 0 atom stereocenters. The first kappa shape index (κ1) is 30.9. The Balaban J connectivity index is 0.963. The van der Waals surface area contributed by atoms with Crippen molar-refractivity contribution in [3.63, 3.8) is 0 Å². The van der Waals surface area contributed by atoms with Crippen molar-refractivity contribution >= 4 is 29.4 Å². The minimum atomic E-state index is -0.494. The average molecular weight is 608 g/mol. The summed E-state index contributed by atoms with van der Waals surface area (Å²) >= 11 is 0. The number of hydrogen-bond acceptors (Lipinski definition) is 6. The number of methoxy groups -OCH3 is 1. The molecule has 3 aliphatic heterocycles.